The fraction of sp³-hybridized carbons (Fsp3) is 0.273. The van der Waals surface area contributed by atoms with Gasteiger partial charge in [0.2, 0.25) is 0 Å². The van der Waals surface area contributed by atoms with Gasteiger partial charge < -0.3 is 5.11 Å². The van der Waals surface area contributed by atoms with E-state index in [4.69, 9.17) is 0 Å². The van der Waals surface area contributed by atoms with E-state index in [1.54, 1.807) is 0 Å². The van der Waals surface area contributed by atoms with Gasteiger partial charge in [-0.05, 0) is 36.5 Å². The minimum absolute atomic E-state index is 0.605. The SMILES string of the molecule is Cc1ccccc1C(O)c1snnc1C. The standard InChI is InChI=1S/C11H12N2OS/c1-7-5-3-4-6-9(7)10(14)11-8(2)12-13-15-11/h3-6,10,14H,1-2H3. The van der Waals surface area contributed by atoms with E-state index >= 15 is 0 Å². The lowest BCUT2D eigenvalue weighted by atomic mass is 10.0. The molecule has 78 valence electrons. The second-order valence-electron chi connectivity index (χ2n) is 3.48. The molecule has 1 aromatic carbocycles. The predicted octanol–water partition coefficient (Wildman–Crippen LogP) is 2.24. The molecule has 2 aromatic rings. The van der Waals surface area contributed by atoms with Crippen molar-refractivity contribution < 1.29 is 5.11 Å². The monoisotopic (exact) mass is 220 g/mol. The lowest BCUT2D eigenvalue weighted by Crippen LogP contribution is -2.01. The Morgan fingerprint density at radius 1 is 1.27 bits per heavy atom. The molecule has 1 atom stereocenters. The van der Waals surface area contributed by atoms with E-state index in [0.29, 0.717) is 0 Å². The summed E-state index contributed by atoms with van der Waals surface area (Å²) in [7, 11) is 0. The van der Waals surface area contributed by atoms with Crippen LogP contribution in [0.1, 0.15) is 27.8 Å². The maximum Gasteiger partial charge on any atom is 0.117 e. The largest absolute Gasteiger partial charge is 0.383 e. The molecule has 0 radical (unpaired) electrons. The highest BCUT2D eigenvalue weighted by Crippen LogP contribution is 2.28. The number of hydrogen-bond acceptors (Lipinski definition) is 4. The summed E-state index contributed by atoms with van der Waals surface area (Å²) in [6, 6.07) is 7.81. The van der Waals surface area contributed by atoms with Gasteiger partial charge in [-0.15, -0.1) is 5.10 Å². The lowest BCUT2D eigenvalue weighted by molar-refractivity contribution is 0.222. The van der Waals surface area contributed by atoms with Gasteiger partial charge >= 0.3 is 0 Å². The Kier molecular flexibility index (Phi) is 2.79. The summed E-state index contributed by atoms with van der Waals surface area (Å²) in [6.45, 7) is 3.85. The van der Waals surface area contributed by atoms with Crippen LogP contribution in [0.3, 0.4) is 0 Å². The van der Waals surface area contributed by atoms with Crippen LogP contribution in [0.2, 0.25) is 0 Å². The quantitative estimate of drug-likeness (QED) is 0.844. The van der Waals surface area contributed by atoms with Gasteiger partial charge in [-0.3, -0.25) is 0 Å². The molecule has 0 amide bonds. The molecule has 0 aliphatic rings. The number of nitrogens with zero attached hydrogens (tertiary/aromatic N) is 2. The van der Waals surface area contributed by atoms with Crippen LogP contribution >= 0.6 is 11.5 Å². The first kappa shape index (κ1) is 10.3. The topological polar surface area (TPSA) is 46.0 Å². The van der Waals surface area contributed by atoms with Crippen LogP contribution < -0.4 is 0 Å². The van der Waals surface area contributed by atoms with Crippen LogP contribution in [0.5, 0.6) is 0 Å². The summed E-state index contributed by atoms with van der Waals surface area (Å²) in [6.07, 6.45) is -0.605. The minimum atomic E-state index is -0.605. The van der Waals surface area contributed by atoms with E-state index in [2.05, 4.69) is 9.59 Å². The van der Waals surface area contributed by atoms with Gasteiger partial charge in [-0.1, -0.05) is 28.8 Å². The highest BCUT2D eigenvalue weighted by atomic mass is 32.1. The van der Waals surface area contributed by atoms with E-state index in [9.17, 15) is 5.11 Å². The lowest BCUT2D eigenvalue weighted by Gasteiger charge is -2.11. The van der Waals surface area contributed by atoms with Gasteiger partial charge in [0, 0.05) is 0 Å². The second-order valence-corrected chi connectivity index (χ2v) is 4.27. The van der Waals surface area contributed by atoms with E-state index in [1.165, 1.54) is 11.5 Å². The van der Waals surface area contributed by atoms with Crippen molar-refractivity contribution in [2.75, 3.05) is 0 Å². The highest BCUT2D eigenvalue weighted by Gasteiger charge is 2.17. The number of aliphatic hydroxyl groups is 1. The van der Waals surface area contributed by atoms with Crippen molar-refractivity contribution in [3.05, 3.63) is 46.0 Å². The van der Waals surface area contributed by atoms with E-state index < -0.39 is 6.10 Å². The zero-order chi connectivity index (χ0) is 10.8. The van der Waals surface area contributed by atoms with Crippen molar-refractivity contribution in [3.8, 4) is 0 Å². The molecule has 0 fully saturated rings. The summed E-state index contributed by atoms with van der Waals surface area (Å²) >= 11 is 1.25. The molecule has 1 heterocycles. The third-order valence-corrected chi connectivity index (χ3v) is 3.30. The second kappa shape index (κ2) is 4.08. The molecule has 0 bridgehead atoms. The Hall–Kier alpha value is -1.26. The number of aryl methyl sites for hydroxylation is 2. The van der Waals surface area contributed by atoms with Gasteiger partial charge in [-0.2, -0.15) is 0 Å². The molecule has 0 spiro atoms. The fourth-order valence-electron chi connectivity index (χ4n) is 1.52. The molecular formula is C11H12N2OS. The third-order valence-electron chi connectivity index (χ3n) is 2.42. The van der Waals surface area contributed by atoms with Crippen molar-refractivity contribution in [1.29, 1.82) is 0 Å². The average molecular weight is 220 g/mol. The molecule has 4 heteroatoms. The summed E-state index contributed by atoms with van der Waals surface area (Å²) in [5.74, 6) is 0. The Bertz CT molecular complexity index is 467. The molecule has 2 rings (SSSR count). The van der Waals surface area contributed by atoms with Crippen molar-refractivity contribution in [3.63, 3.8) is 0 Å². The minimum Gasteiger partial charge on any atom is -0.383 e. The van der Waals surface area contributed by atoms with Crippen molar-refractivity contribution in [2.45, 2.75) is 20.0 Å². The van der Waals surface area contributed by atoms with Crippen molar-refractivity contribution in [1.82, 2.24) is 9.59 Å². The summed E-state index contributed by atoms with van der Waals surface area (Å²) in [5, 5.41) is 14.1. The van der Waals surface area contributed by atoms with Gasteiger partial charge in [0.15, 0.2) is 0 Å². The maximum atomic E-state index is 10.2. The predicted molar refractivity (Wildman–Crippen MR) is 59.9 cm³/mol. The van der Waals surface area contributed by atoms with Crippen LogP contribution in [-0.2, 0) is 0 Å². The fourth-order valence-corrected chi connectivity index (χ4v) is 2.17. The van der Waals surface area contributed by atoms with Crippen LogP contribution in [0, 0.1) is 13.8 Å². The maximum absolute atomic E-state index is 10.2. The average Bonchev–Trinajstić information content (AvgIpc) is 2.64. The molecule has 1 aromatic heterocycles. The number of aromatic nitrogens is 2. The Balaban J connectivity index is 2.41. The number of hydrogen-bond donors (Lipinski definition) is 1. The van der Waals surface area contributed by atoms with Gasteiger partial charge in [0.25, 0.3) is 0 Å². The van der Waals surface area contributed by atoms with Crippen LogP contribution in [0.25, 0.3) is 0 Å². The van der Waals surface area contributed by atoms with Crippen molar-refractivity contribution in [2.24, 2.45) is 0 Å². The van der Waals surface area contributed by atoms with Gasteiger partial charge in [0.05, 0.1) is 10.6 Å². The summed E-state index contributed by atoms with van der Waals surface area (Å²) in [4.78, 5) is 0.823. The molecule has 0 saturated heterocycles. The van der Waals surface area contributed by atoms with Crippen LogP contribution in [0.15, 0.2) is 24.3 Å². The normalized spacial score (nSPS) is 12.7. The molecule has 0 aliphatic heterocycles. The Labute approximate surface area is 92.6 Å². The first-order valence-electron chi connectivity index (χ1n) is 4.72. The van der Waals surface area contributed by atoms with Crippen LogP contribution in [-0.4, -0.2) is 14.7 Å². The highest BCUT2D eigenvalue weighted by molar-refractivity contribution is 7.05. The molecule has 1 unspecified atom stereocenters. The van der Waals surface area contributed by atoms with Gasteiger partial charge in [-0.25, -0.2) is 0 Å². The zero-order valence-electron chi connectivity index (χ0n) is 8.64. The Morgan fingerprint density at radius 3 is 2.60 bits per heavy atom. The smallest absolute Gasteiger partial charge is 0.117 e. The molecule has 0 saturated carbocycles. The summed E-state index contributed by atoms with van der Waals surface area (Å²) < 4.78 is 3.83. The first-order chi connectivity index (χ1) is 7.20. The van der Waals surface area contributed by atoms with Gasteiger partial charge in [0.1, 0.15) is 6.10 Å². The molecular weight excluding hydrogens is 208 g/mol. The number of benzene rings is 1. The molecule has 3 nitrogen and oxygen atoms in total. The molecule has 1 N–H and O–H groups in total. The molecule has 15 heavy (non-hydrogen) atoms. The zero-order valence-corrected chi connectivity index (χ0v) is 9.45. The Morgan fingerprint density at radius 2 is 2.00 bits per heavy atom. The first-order valence-corrected chi connectivity index (χ1v) is 5.50. The van der Waals surface area contributed by atoms with E-state index in [0.717, 1.165) is 21.7 Å². The molecule has 0 aliphatic carbocycles. The van der Waals surface area contributed by atoms with Crippen LogP contribution in [0.4, 0.5) is 0 Å². The van der Waals surface area contributed by atoms with E-state index in [1.807, 2.05) is 38.1 Å². The number of aliphatic hydroxyl groups excluding tert-OH is 1. The summed E-state index contributed by atoms with van der Waals surface area (Å²) in [5.41, 5.74) is 2.81. The third kappa shape index (κ3) is 1.91. The van der Waals surface area contributed by atoms with E-state index in [-0.39, 0.29) is 0 Å². The van der Waals surface area contributed by atoms with Crippen molar-refractivity contribution >= 4 is 11.5 Å². The number of rotatable bonds is 2.